The Balaban J connectivity index is 2.22. The fourth-order valence-corrected chi connectivity index (χ4v) is 2.01. The number of nitrogens with two attached hydrogens (primary N) is 1. The Bertz CT molecular complexity index is 213. The number of aliphatic hydroxyl groups is 1. The first kappa shape index (κ1) is 13.5. The largest absolute Gasteiger partial charge is 0.396 e. The Kier molecular flexibility index (Phi) is 5.77. The molecule has 4 nitrogen and oxygen atoms in total. The monoisotopic (exact) mass is 228 g/mol. The summed E-state index contributed by atoms with van der Waals surface area (Å²) in [5.74, 6) is 1.07. The molecule has 1 aliphatic heterocycles. The van der Waals surface area contributed by atoms with Crippen molar-refractivity contribution in [2.75, 3.05) is 26.2 Å². The van der Waals surface area contributed by atoms with Gasteiger partial charge in [-0.05, 0) is 37.6 Å². The lowest BCUT2D eigenvalue weighted by Gasteiger charge is -2.31. The summed E-state index contributed by atoms with van der Waals surface area (Å²) in [5.41, 5.74) is 5.52. The van der Waals surface area contributed by atoms with Crippen molar-refractivity contribution in [2.45, 2.75) is 32.6 Å². The van der Waals surface area contributed by atoms with Gasteiger partial charge >= 0.3 is 0 Å². The van der Waals surface area contributed by atoms with E-state index in [9.17, 15) is 4.79 Å². The molecule has 0 aliphatic carbocycles. The number of hydrogen-bond donors (Lipinski definition) is 2. The van der Waals surface area contributed by atoms with Gasteiger partial charge in [-0.1, -0.05) is 6.92 Å². The number of aliphatic hydroxyl groups excluding tert-OH is 1. The van der Waals surface area contributed by atoms with Gasteiger partial charge in [0.15, 0.2) is 0 Å². The summed E-state index contributed by atoms with van der Waals surface area (Å²) in [6, 6.07) is 0. The summed E-state index contributed by atoms with van der Waals surface area (Å²) < 4.78 is 0. The molecule has 0 radical (unpaired) electrons. The third-order valence-electron chi connectivity index (χ3n) is 3.48. The zero-order valence-corrected chi connectivity index (χ0v) is 10.2. The molecule has 1 rings (SSSR count). The van der Waals surface area contributed by atoms with Gasteiger partial charge in [-0.3, -0.25) is 4.79 Å². The number of piperidine rings is 1. The molecule has 1 heterocycles. The van der Waals surface area contributed by atoms with Gasteiger partial charge in [-0.25, -0.2) is 0 Å². The van der Waals surface area contributed by atoms with Crippen LogP contribution in [0.5, 0.6) is 0 Å². The van der Waals surface area contributed by atoms with E-state index in [4.69, 9.17) is 10.8 Å². The highest BCUT2D eigenvalue weighted by atomic mass is 16.3. The fraction of sp³-hybridized carbons (Fsp3) is 0.917. The van der Waals surface area contributed by atoms with Crippen molar-refractivity contribution in [3.63, 3.8) is 0 Å². The van der Waals surface area contributed by atoms with Gasteiger partial charge in [0.1, 0.15) is 0 Å². The minimum absolute atomic E-state index is 0.247. The summed E-state index contributed by atoms with van der Waals surface area (Å²) in [4.78, 5) is 13.8. The van der Waals surface area contributed by atoms with E-state index in [1.54, 1.807) is 0 Å². The Morgan fingerprint density at radius 1 is 1.50 bits per heavy atom. The highest BCUT2D eigenvalue weighted by Gasteiger charge is 2.21. The number of carbonyl (C=O) groups is 1. The average molecular weight is 228 g/mol. The van der Waals surface area contributed by atoms with E-state index >= 15 is 0 Å². The third-order valence-corrected chi connectivity index (χ3v) is 3.48. The smallest absolute Gasteiger partial charge is 0.222 e. The minimum atomic E-state index is 0.247. The van der Waals surface area contributed by atoms with E-state index in [-0.39, 0.29) is 12.5 Å². The summed E-state index contributed by atoms with van der Waals surface area (Å²) in [7, 11) is 0. The van der Waals surface area contributed by atoms with Crippen LogP contribution in [-0.4, -0.2) is 42.2 Å². The molecule has 0 aromatic heterocycles. The van der Waals surface area contributed by atoms with E-state index in [0.29, 0.717) is 24.8 Å². The first-order valence-electron chi connectivity index (χ1n) is 6.26. The van der Waals surface area contributed by atoms with Crippen molar-refractivity contribution in [3.8, 4) is 0 Å². The van der Waals surface area contributed by atoms with Crippen molar-refractivity contribution in [1.29, 1.82) is 0 Å². The average Bonchev–Trinajstić information content (AvgIpc) is 2.35. The molecule has 1 unspecified atom stereocenters. The molecule has 0 saturated carbocycles. The Labute approximate surface area is 97.8 Å². The SMILES string of the molecule is CC(CN)CCC(=O)N1CCC(CO)CC1. The van der Waals surface area contributed by atoms with Crippen molar-refractivity contribution in [1.82, 2.24) is 4.90 Å². The second kappa shape index (κ2) is 6.86. The minimum Gasteiger partial charge on any atom is -0.396 e. The van der Waals surface area contributed by atoms with E-state index in [1.807, 2.05) is 4.90 Å². The molecule has 4 heteroatoms. The molecule has 1 amide bonds. The van der Waals surface area contributed by atoms with Gasteiger partial charge < -0.3 is 15.7 Å². The van der Waals surface area contributed by atoms with Gasteiger partial charge in [-0.2, -0.15) is 0 Å². The maximum absolute atomic E-state index is 11.8. The number of amides is 1. The molecule has 1 atom stereocenters. The van der Waals surface area contributed by atoms with E-state index in [1.165, 1.54) is 0 Å². The molecule has 0 spiro atoms. The highest BCUT2D eigenvalue weighted by Crippen LogP contribution is 2.17. The quantitative estimate of drug-likeness (QED) is 0.724. The second-order valence-electron chi connectivity index (χ2n) is 4.89. The lowest BCUT2D eigenvalue weighted by Crippen LogP contribution is -2.39. The summed E-state index contributed by atoms with van der Waals surface area (Å²) in [5, 5.41) is 9.01. The van der Waals surface area contributed by atoms with Gasteiger partial charge in [0, 0.05) is 26.1 Å². The molecule has 1 aliphatic rings. The van der Waals surface area contributed by atoms with Gasteiger partial charge in [0.2, 0.25) is 5.91 Å². The number of likely N-dealkylation sites (tertiary alicyclic amines) is 1. The predicted molar refractivity (Wildman–Crippen MR) is 63.8 cm³/mol. The zero-order chi connectivity index (χ0) is 12.0. The fourth-order valence-electron chi connectivity index (χ4n) is 2.01. The summed E-state index contributed by atoms with van der Waals surface area (Å²) in [6.45, 7) is 4.60. The van der Waals surface area contributed by atoms with E-state index < -0.39 is 0 Å². The normalized spacial score (nSPS) is 19.8. The number of rotatable bonds is 5. The van der Waals surface area contributed by atoms with Gasteiger partial charge in [-0.15, -0.1) is 0 Å². The summed E-state index contributed by atoms with van der Waals surface area (Å²) >= 11 is 0. The predicted octanol–water partition coefficient (Wildman–Crippen LogP) is 0.592. The van der Waals surface area contributed by atoms with Crippen LogP contribution >= 0.6 is 0 Å². The van der Waals surface area contributed by atoms with Crippen LogP contribution in [0.15, 0.2) is 0 Å². The number of hydrogen-bond acceptors (Lipinski definition) is 3. The molecule has 0 aromatic carbocycles. The maximum Gasteiger partial charge on any atom is 0.222 e. The van der Waals surface area contributed by atoms with Crippen molar-refractivity contribution in [3.05, 3.63) is 0 Å². The molecule has 3 N–H and O–H groups in total. The number of nitrogens with zero attached hydrogens (tertiary/aromatic N) is 1. The number of carbonyl (C=O) groups excluding carboxylic acids is 1. The van der Waals surface area contributed by atoms with Crippen LogP contribution in [0.4, 0.5) is 0 Å². The van der Waals surface area contributed by atoms with Crippen LogP contribution in [-0.2, 0) is 4.79 Å². The van der Waals surface area contributed by atoms with Gasteiger partial charge in [0.25, 0.3) is 0 Å². The van der Waals surface area contributed by atoms with Crippen LogP contribution in [0.25, 0.3) is 0 Å². The van der Waals surface area contributed by atoms with Crippen LogP contribution in [0.3, 0.4) is 0 Å². The van der Waals surface area contributed by atoms with Crippen LogP contribution in [0.1, 0.15) is 32.6 Å². The zero-order valence-electron chi connectivity index (χ0n) is 10.2. The van der Waals surface area contributed by atoms with Crippen LogP contribution in [0.2, 0.25) is 0 Å². The molecular weight excluding hydrogens is 204 g/mol. The first-order chi connectivity index (χ1) is 7.67. The lowest BCUT2D eigenvalue weighted by molar-refractivity contribution is -0.133. The van der Waals surface area contributed by atoms with Crippen molar-refractivity contribution >= 4 is 5.91 Å². The molecule has 1 saturated heterocycles. The van der Waals surface area contributed by atoms with Gasteiger partial charge in [0.05, 0.1) is 0 Å². The van der Waals surface area contributed by atoms with Crippen LogP contribution < -0.4 is 5.73 Å². The first-order valence-corrected chi connectivity index (χ1v) is 6.26. The Hall–Kier alpha value is -0.610. The Morgan fingerprint density at radius 3 is 2.62 bits per heavy atom. The van der Waals surface area contributed by atoms with E-state index in [2.05, 4.69) is 6.92 Å². The second-order valence-corrected chi connectivity index (χ2v) is 4.89. The molecule has 16 heavy (non-hydrogen) atoms. The topological polar surface area (TPSA) is 66.6 Å². The van der Waals surface area contributed by atoms with Crippen molar-refractivity contribution in [2.24, 2.45) is 17.6 Å². The third kappa shape index (κ3) is 4.10. The molecule has 1 fully saturated rings. The lowest BCUT2D eigenvalue weighted by atomic mass is 9.97. The van der Waals surface area contributed by atoms with Crippen LogP contribution in [0, 0.1) is 11.8 Å². The van der Waals surface area contributed by atoms with Crippen molar-refractivity contribution < 1.29 is 9.90 Å². The molecule has 0 aromatic rings. The van der Waals surface area contributed by atoms with E-state index in [0.717, 1.165) is 32.4 Å². The standard InChI is InChI=1S/C12H24N2O2/c1-10(8-13)2-3-12(16)14-6-4-11(9-15)5-7-14/h10-11,15H,2-9,13H2,1H3. The molecular formula is C12H24N2O2. The maximum atomic E-state index is 11.8. The summed E-state index contributed by atoms with van der Waals surface area (Å²) in [6.07, 6.45) is 3.38. The highest BCUT2D eigenvalue weighted by molar-refractivity contribution is 5.76. The molecule has 94 valence electrons. The Morgan fingerprint density at radius 2 is 2.12 bits per heavy atom. The molecule has 0 bridgehead atoms.